The first-order valence-corrected chi connectivity index (χ1v) is 6.53. The number of H-pyrrole nitrogens is 1. The molecule has 1 heterocycles. The molecule has 0 bridgehead atoms. The van der Waals surface area contributed by atoms with Gasteiger partial charge in [0.05, 0.1) is 5.69 Å². The number of fused-ring (bicyclic) bond motifs is 1. The second kappa shape index (κ2) is 5.60. The van der Waals surface area contributed by atoms with Gasteiger partial charge in [0, 0.05) is 11.5 Å². The average Bonchev–Trinajstić information content (AvgIpc) is 2.50. The summed E-state index contributed by atoms with van der Waals surface area (Å²) in [6.45, 7) is 0. The van der Waals surface area contributed by atoms with Gasteiger partial charge in [-0.15, -0.1) is 0 Å². The van der Waals surface area contributed by atoms with Crippen LogP contribution in [0.3, 0.4) is 0 Å². The van der Waals surface area contributed by atoms with E-state index in [1.807, 2.05) is 0 Å². The quantitative estimate of drug-likeness (QED) is 0.762. The van der Waals surface area contributed by atoms with Crippen LogP contribution in [0, 0.1) is 17.5 Å². The lowest BCUT2D eigenvalue weighted by molar-refractivity contribution is 0.102. The van der Waals surface area contributed by atoms with Crippen LogP contribution in [0.2, 0.25) is 0 Å². The number of hydrogen-bond donors (Lipinski definition) is 2. The van der Waals surface area contributed by atoms with Gasteiger partial charge < -0.3 is 10.3 Å². The molecule has 23 heavy (non-hydrogen) atoms. The van der Waals surface area contributed by atoms with E-state index in [9.17, 15) is 22.8 Å². The van der Waals surface area contributed by atoms with E-state index in [0.29, 0.717) is 11.5 Å². The Kier molecular flexibility index (Phi) is 3.61. The number of benzene rings is 2. The molecule has 2 N–H and O–H groups in total. The van der Waals surface area contributed by atoms with Crippen LogP contribution in [-0.4, -0.2) is 10.9 Å². The second-order valence-electron chi connectivity index (χ2n) is 4.82. The monoisotopic (exact) mass is 318 g/mol. The summed E-state index contributed by atoms with van der Waals surface area (Å²) in [5.74, 6) is -3.07. The summed E-state index contributed by atoms with van der Waals surface area (Å²) in [6.07, 6.45) is 0. The number of rotatable bonds is 2. The maximum atomic E-state index is 13.5. The number of hydrogen-bond acceptors (Lipinski definition) is 2. The Bertz CT molecular complexity index is 983. The number of aromatic amines is 1. The normalized spacial score (nSPS) is 10.7. The highest BCUT2D eigenvalue weighted by Crippen LogP contribution is 2.17. The van der Waals surface area contributed by atoms with E-state index in [4.69, 9.17) is 0 Å². The van der Waals surface area contributed by atoms with Gasteiger partial charge in [0.25, 0.3) is 11.5 Å². The first-order valence-electron chi connectivity index (χ1n) is 6.53. The van der Waals surface area contributed by atoms with Gasteiger partial charge in [-0.25, -0.2) is 13.2 Å². The Hall–Kier alpha value is -3.09. The fraction of sp³-hybridized carbons (Fsp3) is 0. The molecular weight excluding hydrogens is 309 g/mol. The summed E-state index contributed by atoms with van der Waals surface area (Å²) in [5, 5.41) is 2.69. The smallest absolute Gasteiger partial charge is 0.272 e. The highest BCUT2D eigenvalue weighted by Gasteiger charge is 2.13. The molecule has 3 rings (SSSR count). The van der Waals surface area contributed by atoms with Gasteiger partial charge in [0.1, 0.15) is 23.1 Å². The van der Waals surface area contributed by atoms with E-state index in [1.165, 1.54) is 12.1 Å². The van der Waals surface area contributed by atoms with E-state index in [0.717, 1.165) is 24.3 Å². The van der Waals surface area contributed by atoms with Crippen LogP contribution in [0.25, 0.3) is 10.8 Å². The lowest BCUT2D eigenvalue weighted by atomic mass is 10.1. The van der Waals surface area contributed by atoms with E-state index in [-0.39, 0.29) is 16.8 Å². The van der Waals surface area contributed by atoms with Crippen molar-refractivity contribution in [1.82, 2.24) is 4.98 Å². The third-order valence-electron chi connectivity index (χ3n) is 3.23. The third-order valence-corrected chi connectivity index (χ3v) is 3.23. The predicted molar refractivity (Wildman–Crippen MR) is 78.8 cm³/mol. The van der Waals surface area contributed by atoms with Gasteiger partial charge in [0.2, 0.25) is 0 Å². The summed E-state index contributed by atoms with van der Waals surface area (Å²) in [5.41, 5.74) is -0.999. The molecule has 1 amide bonds. The van der Waals surface area contributed by atoms with Crippen LogP contribution in [0.4, 0.5) is 18.9 Å². The summed E-state index contributed by atoms with van der Waals surface area (Å²) in [4.78, 5) is 26.3. The molecule has 0 saturated carbocycles. The minimum absolute atomic E-state index is 0.0921. The SMILES string of the molecule is O=C(Nc1ccc(F)cc1F)c1cc2ccc(F)cc2c(=O)[nH]1. The van der Waals surface area contributed by atoms with Crippen molar-refractivity contribution in [3.8, 4) is 0 Å². The molecule has 0 aliphatic rings. The molecule has 7 heteroatoms. The number of pyridine rings is 1. The van der Waals surface area contributed by atoms with E-state index in [2.05, 4.69) is 10.3 Å². The molecule has 0 aliphatic heterocycles. The number of nitrogens with one attached hydrogen (secondary N) is 2. The molecule has 0 spiro atoms. The maximum absolute atomic E-state index is 13.5. The Morgan fingerprint density at radius 2 is 1.65 bits per heavy atom. The molecule has 1 aromatic heterocycles. The Morgan fingerprint density at radius 1 is 0.957 bits per heavy atom. The van der Waals surface area contributed by atoms with E-state index >= 15 is 0 Å². The topological polar surface area (TPSA) is 62.0 Å². The number of carbonyl (C=O) groups is 1. The fourth-order valence-corrected chi connectivity index (χ4v) is 2.14. The standard InChI is InChI=1S/C16H9F3N2O2/c17-9-2-1-8-5-14(21-15(22)11(8)6-9)16(23)20-13-4-3-10(18)7-12(13)19/h1-7H,(H,20,23)(H,21,22). The lowest BCUT2D eigenvalue weighted by Crippen LogP contribution is -2.19. The van der Waals surface area contributed by atoms with Gasteiger partial charge in [0.15, 0.2) is 0 Å². The van der Waals surface area contributed by atoms with Crippen molar-refractivity contribution >= 4 is 22.4 Å². The predicted octanol–water partition coefficient (Wildman–Crippen LogP) is 3.20. The number of carbonyl (C=O) groups excluding carboxylic acids is 1. The van der Waals surface area contributed by atoms with Crippen molar-refractivity contribution < 1.29 is 18.0 Å². The fourth-order valence-electron chi connectivity index (χ4n) is 2.14. The van der Waals surface area contributed by atoms with Crippen molar-refractivity contribution in [2.45, 2.75) is 0 Å². The van der Waals surface area contributed by atoms with E-state index < -0.39 is 28.9 Å². The van der Waals surface area contributed by atoms with Gasteiger partial charge in [-0.1, -0.05) is 6.07 Å². The van der Waals surface area contributed by atoms with Crippen molar-refractivity contribution in [3.05, 3.63) is 76.0 Å². The van der Waals surface area contributed by atoms with Gasteiger partial charge in [-0.3, -0.25) is 9.59 Å². The van der Waals surface area contributed by atoms with Crippen LogP contribution < -0.4 is 10.9 Å². The first kappa shape index (κ1) is 14.8. The molecule has 0 unspecified atom stereocenters. The zero-order chi connectivity index (χ0) is 16.6. The number of amides is 1. The van der Waals surface area contributed by atoms with Crippen molar-refractivity contribution in [2.24, 2.45) is 0 Å². The highest BCUT2D eigenvalue weighted by atomic mass is 19.1. The zero-order valence-electron chi connectivity index (χ0n) is 11.5. The van der Waals surface area contributed by atoms with Crippen molar-refractivity contribution in [2.75, 3.05) is 5.32 Å². The first-order chi connectivity index (χ1) is 10.9. The molecular formula is C16H9F3N2O2. The highest BCUT2D eigenvalue weighted by molar-refractivity contribution is 6.04. The maximum Gasteiger partial charge on any atom is 0.272 e. The summed E-state index contributed by atoms with van der Waals surface area (Å²) < 4.78 is 39.5. The molecule has 4 nitrogen and oxygen atoms in total. The van der Waals surface area contributed by atoms with Crippen LogP contribution >= 0.6 is 0 Å². The van der Waals surface area contributed by atoms with Crippen LogP contribution in [0.15, 0.2) is 47.3 Å². The average molecular weight is 318 g/mol. The summed E-state index contributed by atoms with van der Waals surface area (Å²) in [6, 6.07) is 7.59. The Morgan fingerprint density at radius 3 is 2.39 bits per heavy atom. The number of halogens is 3. The van der Waals surface area contributed by atoms with Crippen LogP contribution in [0.5, 0.6) is 0 Å². The Balaban J connectivity index is 1.98. The Labute approximate surface area is 127 Å². The van der Waals surface area contributed by atoms with Gasteiger partial charge in [-0.05, 0) is 35.7 Å². The lowest BCUT2D eigenvalue weighted by Gasteiger charge is -2.07. The molecule has 0 atom stereocenters. The number of anilines is 1. The zero-order valence-corrected chi connectivity index (χ0v) is 11.5. The molecule has 0 saturated heterocycles. The molecule has 0 aliphatic carbocycles. The van der Waals surface area contributed by atoms with Crippen molar-refractivity contribution in [3.63, 3.8) is 0 Å². The number of aromatic nitrogens is 1. The molecule has 2 aromatic carbocycles. The van der Waals surface area contributed by atoms with Crippen LogP contribution in [-0.2, 0) is 0 Å². The molecule has 116 valence electrons. The molecule has 0 radical (unpaired) electrons. The third kappa shape index (κ3) is 2.94. The molecule has 0 fully saturated rings. The minimum atomic E-state index is -0.941. The van der Waals surface area contributed by atoms with Gasteiger partial charge >= 0.3 is 0 Å². The van der Waals surface area contributed by atoms with E-state index in [1.54, 1.807) is 0 Å². The summed E-state index contributed by atoms with van der Waals surface area (Å²) in [7, 11) is 0. The summed E-state index contributed by atoms with van der Waals surface area (Å²) >= 11 is 0. The van der Waals surface area contributed by atoms with Crippen molar-refractivity contribution in [1.29, 1.82) is 0 Å². The minimum Gasteiger partial charge on any atom is -0.318 e. The second-order valence-corrected chi connectivity index (χ2v) is 4.82. The largest absolute Gasteiger partial charge is 0.318 e. The molecule has 3 aromatic rings. The van der Waals surface area contributed by atoms with Crippen LogP contribution in [0.1, 0.15) is 10.5 Å². The van der Waals surface area contributed by atoms with Gasteiger partial charge in [-0.2, -0.15) is 0 Å².